The van der Waals surface area contributed by atoms with Gasteiger partial charge in [-0.1, -0.05) is 20.8 Å². The Bertz CT molecular complexity index is 728. The molecule has 0 aromatic carbocycles. The van der Waals surface area contributed by atoms with E-state index in [1.165, 1.54) is 51.4 Å². The van der Waals surface area contributed by atoms with Gasteiger partial charge in [0.15, 0.2) is 8.46 Å². The zero-order valence-corrected chi connectivity index (χ0v) is 23.1. The maximum atomic E-state index is 11.7. The van der Waals surface area contributed by atoms with Crippen LogP contribution in [0.15, 0.2) is 0 Å². The van der Waals surface area contributed by atoms with Crippen molar-refractivity contribution in [3.63, 3.8) is 0 Å². The van der Waals surface area contributed by atoms with E-state index in [4.69, 9.17) is 9.26 Å². The molecule has 12 atom stereocenters. The van der Waals surface area contributed by atoms with Gasteiger partial charge in [-0.05, 0) is 124 Å². The van der Waals surface area contributed by atoms with Gasteiger partial charge in [-0.25, -0.2) is 0 Å². The van der Waals surface area contributed by atoms with Crippen molar-refractivity contribution in [1.82, 2.24) is 0 Å². The molecule has 0 aromatic rings. The molecule has 1 heterocycles. The third kappa shape index (κ3) is 3.79. The Hall–Kier alpha value is 0.450. The number of hydrogen-bond acceptors (Lipinski definition) is 3. The first-order valence-electron chi connectivity index (χ1n) is 13.5. The molecule has 5 fully saturated rings. The number of rotatable bonds is 6. The van der Waals surface area contributed by atoms with Gasteiger partial charge in [0.2, 0.25) is 0 Å². The summed E-state index contributed by atoms with van der Waals surface area (Å²) in [5, 5.41) is 0. The van der Waals surface area contributed by atoms with E-state index in [1.54, 1.807) is 0 Å². The van der Waals surface area contributed by atoms with Crippen LogP contribution in [0.5, 0.6) is 0 Å². The largest absolute Gasteiger partial charge is 0.367 e. The summed E-state index contributed by atoms with van der Waals surface area (Å²) in [5.74, 6) is 4.61. The fourth-order valence-electron chi connectivity index (χ4n) is 9.74. The fourth-order valence-corrected chi connectivity index (χ4v) is 10.6. The van der Waals surface area contributed by atoms with Crippen molar-refractivity contribution in [3.8, 4) is 0 Å². The molecule has 5 heteroatoms. The van der Waals surface area contributed by atoms with Crippen LogP contribution in [-0.2, 0) is 13.8 Å². The van der Waals surface area contributed by atoms with Crippen LogP contribution in [0.2, 0.25) is 0 Å². The van der Waals surface area contributed by atoms with Crippen molar-refractivity contribution in [2.45, 2.75) is 122 Å². The van der Waals surface area contributed by atoms with Crippen molar-refractivity contribution >= 4 is 17.9 Å². The minimum atomic E-state index is 0.127. The minimum absolute atomic E-state index is 0.127. The Balaban J connectivity index is 1.33. The lowest BCUT2D eigenvalue weighted by Gasteiger charge is -2.63. The first-order chi connectivity index (χ1) is 15.1. The van der Waals surface area contributed by atoms with Crippen LogP contribution in [0.3, 0.4) is 0 Å². The summed E-state index contributed by atoms with van der Waals surface area (Å²) in [6, 6.07) is 0. The van der Waals surface area contributed by atoms with E-state index >= 15 is 0 Å². The van der Waals surface area contributed by atoms with Crippen LogP contribution < -0.4 is 0 Å². The second-order valence-corrected chi connectivity index (χ2v) is 14.6. The molecule has 0 amide bonds. The topological polar surface area (TPSA) is 38.8 Å². The number of hydrogen-bond donors (Lipinski definition) is 0. The highest BCUT2D eigenvalue weighted by molar-refractivity contribution is 7.24. The minimum Gasteiger partial charge on any atom is -0.367 e. The molecular weight excluding hydrogens is 434 g/mol. The van der Waals surface area contributed by atoms with Gasteiger partial charge in [-0.2, -0.15) is 0 Å². The summed E-state index contributed by atoms with van der Waals surface area (Å²) in [6.07, 6.45) is 13.7. The normalized spacial score (nSPS) is 52.7. The van der Waals surface area contributed by atoms with Gasteiger partial charge in [0.25, 0.3) is 0 Å². The van der Waals surface area contributed by atoms with E-state index in [-0.39, 0.29) is 5.60 Å². The monoisotopic (exact) mass is 480 g/mol. The maximum Gasteiger partial charge on any atom is 0.158 e. The molecule has 0 aromatic heterocycles. The number of fused-ring (bicyclic) bond motifs is 5. The van der Waals surface area contributed by atoms with Gasteiger partial charge >= 0.3 is 0 Å². The third-order valence-electron chi connectivity index (χ3n) is 11.8. The summed E-state index contributed by atoms with van der Waals surface area (Å²) in [6.45, 7) is 12.3. The highest BCUT2D eigenvalue weighted by atomic mass is 31.1. The number of ether oxygens (including phenoxy) is 1. The lowest BCUT2D eigenvalue weighted by molar-refractivity contribution is -0.154. The Morgan fingerprint density at radius 1 is 1.03 bits per heavy atom. The summed E-state index contributed by atoms with van der Waals surface area (Å²) in [4.78, 5) is 0. The zero-order chi connectivity index (χ0) is 22.9. The van der Waals surface area contributed by atoms with Gasteiger partial charge in [-0.3, -0.25) is 4.57 Å². The fraction of sp³-hybridized carbons (Fsp3) is 1.00. The van der Waals surface area contributed by atoms with Gasteiger partial charge in [-0.15, -0.1) is 0 Å². The maximum absolute atomic E-state index is 11.7. The first kappa shape index (κ1) is 24.2. The van der Waals surface area contributed by atoms with Crippen LogP contribution in [0.4, 0.5) is 0 Å². The second kappa shape index (κ2) is 8.54. The van der Waals surface area contributed by atoms with Crippen molar-refractivity contribution in [3.05, 3.63) is 0 Å². The highest BCUT2D eigenvalue weighted by Gasteiger charge is 2.63. The molecule has 1 aliphatic heterocycles. The molecule has 0 spiro atoms. The quantitative estimate of drug-likeness (QED) is 0.289. The predicted molar refractivity (Wildman–Crippen MR) is 134 cm³/mol. The summed E-state index contributed by atoms with van der Waals surface area (Å²) in [5.41, 5.74) is 1.39. The van der Waals surface area contributed by atoms with Crippen LogP contribution in [0.25, 0.3) is 0 Å². The van der Waals surface area contributed by atoms with Crippen molar-refractivity contribution in [2.24, 2.45) is 46.3 Å². The molecule has 5 aliphatic rings. The van der Waals surface area contributed by atoms with Crippen LogP contribution in [0.1, 0.15) is 98.8 Å². The van der Waals surface area contributed by atoms with E-state index in [1.807, 2.05) is 0 Å². The molecule has 0 N–H and O–H groups in total. The van der Waals surface area contributed by atoms with E-state index in [2.05, 4.69) is 44.1 Å². The molecule has 4 aliphatic carbocycles. The molecule has 4 unspecified atom stereocenters. The summed E-state index contributed by atoms with van der Waals surface area (Å²) in [7, 11) is 3.01. The third-order valence-corrected chi connectivity index (χ3v) is 12.9. The summed E-state index contributed by atoms with van der Waals surface area (Å²) >= 11 is 0. The smallest absolute Gasteiger partial charge is 0.158 e. The van der Waals surface area contributed by atoms with E-state index in [9.17, 15) is 4.57 Å². The van der Waals surface area contributed by atoms with Crippen molar-refractivity contribution < 1.29 is 13.8 Å². The Labute approximate surface area is 200 Å². The lowest BCUT2D eigenvalue weighted by atomic mass is 9.44. The SMILES string of the molecule is C[C@H](CCC1OC1(C)C)[C@H]1CC[C@H]2[C@@H]3C(OP)C[C@@H]4CC(P=O)CC[C@]4(C)[C@H]3CC[C@]12C. The molecule has 3 nitrogen and oxygen atoms in total. The Morgan fingerprint density at radius 2 is 1.72 bits per heavy atom. The molecule has 32 heavy (non-hydrogen) atoms. The van der Waals surface area contributed by atoms with E-state index < -0.39 is 0 Å². The van der Waals surface area contributed by atoms with Gasteiger partial charge in [0.1, 0.15) is 0 Å². The van der Waals surface area contributed by atoms with Gasteiger partial charge in [0.05, 0.1) is 17.8 Å². The van der Waals surface area contributed by atoms with Crippen LogP contribution >= 0.6 is 17.9 Å². The van der Waals surface area contributed by atoms with Crippen LogP contribution in [-0.4, -0.2) is 23.5 Å². The molecule has 182 valence electrons. The average Bonchev–Trinajstić information content (AvgIpc) is 3.21. The lowest BCUT2D eigenvalue weighted by Crippen LogP contribution is -2.58. The van der Waals surface area contributed by atoms with Crippen molar-refractivity contribution in [2.75, 3.05) is 0 Å². The predicted octanol–water partition coefficient (Wildman–Crippen LogP) is 7.68. The molecule has 4 saturated carbocycles. The van der Waals surface area contributed by atoms with Gasteiger partial charge in [0, 0.05) is 15.1 Å². The second-order valence-electron chi connectivity index (χ2n) is 13.4. The molecule has 1 saturated heterocycles. The first-order valence-corrected chi connectivity index (χ1v) is 14.8. The molecule has 5 rings (SSSR count). The van der Waals surface area contributed by atoms with Gasteiger partial charge < -0.3 is 9.26 Å². The Morgan fingerprint density at radius 3 is 2.38 bits per heavy atom. The highest BCUT2D eigenvalue weighted by Crippen LogP contribution is 2.69. The molecule has 0 radical (unpaired) electrons. The van der Waals surface area contributed by atoms with Crippen LogP contribution in [0, 0.1) is 46.3 Å². The number of epoxide rings is 1. The summed E-state index contributed by atoms with van der Waals surface area (Å²) < 4.78 is 23.7. The molecular formula is C27H46O3P2. The standard InChI is InChI=1S/C27H46O3P2/c1-16(6-9-23-25(2,3)29-23)19-7-8-20-24-21(11-13-27(19,20)5)26(4)12-10-18(32-28)14-17(26)15-22(24)30-31/h16-24H,6-15,31H2,1-5H3/t16-,17+,18?,19-,20+,21+,22?,23?,24+,26+,27-/m1/s1. The average molecular weight is 481 g/mol. The Kier molecular flexibility index (Phi) is 6.44. The van der Waals surface area contributed by atoms with E-state index in [0.717, 1.165) is 36.5 Å². The van der Waals surface area contributed by atoms with E-state index in [0.29, 0.717) is 49.0 Å². The molecule has 0 bridgehead atoms. The zero-order valence-electron chi connectivity index (χ0n) is 21.0. The van der Waals surface area contributed by atoms with Crippen molar-refractivity contribution in [1.29, 1.82) is 0 Å².